The molecule has 0 aromatic carbocycles. The molecule has 2 aliphatic carbocycles. The third-order valence-electron chi connectivity index (χ3n) is 5.11. The van der Waals surface area contributed by atoms with Crippen molar-refractivity contribution >= 4 is 11.6 Å². The van der Waals surface area contributed by atoms with E-state index in [1.807, 2.05) is 27.7 Å². The predicted molar refractivity (Wildman–Crippen MR) is 72.5 cm³/mol. The highest BCUT2D eigenvalue weighted by atomic mass is 19.3. The van der Waals surface area contributed by atoms with Crippen LogP contribution in [0.1, 0.15) is 53.4 Å². The monoisotopic (exact) mass is 286 g/mol. The molecular weight excluding hydrogens is 262 g/mol. The van der Waals surface area contributed by atoms with Crippen LogP contribution in [0.4, 0.5) is 8.78 Å². The summed E-state index contributed by atoms with van der Waals surface area (Å²) in [7, 11) is 0. The van der Waals surface area contributed by atoms with Crippen molar-refractivity contribution in [2.45, 2.75) is 59.3 Å². The molecule has 114 valence electrons. The number of hydrogen-bond donors (Lipinski definition) is 0. The summed E-state index contributed by atoms with van der Waals surface area (Å²) in [5.74, 6) is -2.83. The van der Waals surface area contributed by atoms with E-state index in [2.05, 4.69) is 0 Å². The molecule has 2 rings (SSSR count). The smallest absolute Gasteiger partial charge is 0.249 e. The lowest BCUT2D eigenvalue weighted by atomic mass is 9.74. The fraction of sp³-hybridized carbons (Fsp3) is 0.875. The van der Waals surface area contributed by atoms with Crippen LogP contribution >= 0.6 is 0 Å². The average molecular weight is 286 g/mol. The summed E-state index contributed by atoms with van der Waals surface area (Å²) in [6, 6.07) is 0. The molecule has 3 atom stereocenters. The quantitative estimate of drug-likeness (QED) is 0.742. The molecule has 0 spiro atoms. The number of Topliss-reactive ketones (excluding diaryl/α,β-unsaturated/α-hetero) is 2. The minimum Gasteiger partial charge on any atom is -0.299 e. The van der Waals surface area contributed by atoms with Crippen LogP contribution in [0.25, 0.3) is 0 Å². The maximum absolute atomic E-state index is 12.8. The zero-order chi connectivity index (χ0) is 15.3. The molecule has 0 N–H and O–H groups in total. The minimum atomic E-state index is -2.64. The van der Waals surface area contributed by atoms with E-state index < -0.39 is 11.8 Å². The number of alkyl halides is 2. The molecule has 0 bridgehead atoms. The van der Waals surface area contributed by atoms with Gasteiger partial charge in [-0.25, -0.2) is 8.78 Å². The van der Waals surface area contributed by atoms with Gasteiger partial charge >= 0.3 is 0 Å². The van der Waals surface area contributed by atoms with Crippen LogP contribution < -0.4 is 0 Å². The van der Waals surface area contributed by atoms with Crippen LogP contribution in [-0.2, 0) is 9.59 Å². The average Bonchev–Trinajstić information content (AvgIpc) is 2.95. The Morgan fingerprint density at radius 2 is 1.70 bits per heavy atom. The van der Waals surface area contributed by atoms with Crippen molar-refractivity contribution in [1.82, 2.24) is 0 Å². The van der Waals surface area contributed by atoms with Crippen molar-refractivity contribution in [2.24, 2.45) is 29.1 Å². The Kier molecular flexibility index (Phi) is 3.81. The number of carbonyl (C=O) groups is 2. The number of ketones is 2. The summed E-state index contributed by atoms with van der Waals surface area (Å²) in [4.78, 5) is 24.2. The van der Waals surface area contributed by atoms with E-state index in [1.165, 1.54) is 0 Å². The summed E-state index contributed by atoms with van der Waals surface area (Å²) < 4.78 is 25.6. The SMILES string of the molecule is CC(C)C(=O)C1(C)CC1CC(C)C(=O)C1CC(F)(F)C1. The van der Waals surface area contributed by atoms with Crippen molar-refractivity contribution in [3.63, 3.8) is 0 Å². The summed E-state index contributed by atoms with van der Waals surface area (Å²) in [5.41, 5.74) is -0.285. The van der Waals surface area contributed by atoms with E-state index in [-0.39, 0.29) is 47.6 Å². The Bertz CT molecular complexity index is 422. The van der Waals surface area contributed by atoms with Gasteiger partial charge in [0.05, 0.1) is 0 Å². The Balaban J connectivity index is 1.84. The van der Waals surface area contributed by atoms with E-state index in [4.69, 9.17) is 0 Å². The largest absolute Gasteiger partial charge is 0.299 e. The Hall–Kier alpha value is -0.800. The van der Waals surface area contributed by atoms with Gasteiger partial charge in [0.15, 0.2) is 0 Å². The van der Waals surface area contributed by atoms with Crippen LogP contribution in [0.3, 0.4) is 0 Å². The zero-order valence-electron chi connectivity index (χ0n) is 12.7. The summed E-state index contributed by atoms with van der Waals surface area (Å²) in [5, 5.41) is 0. The standard InChI is InChI=1S/C16H24F2O2/c1-9(2)14(20)15(4)8-12(15)5-10(3)13(19)11-6-16(17,18)7-11/h9-12H,5-8H2,1-4H3. The molecule has 2 fully saturated rings. The van der Waals surface area contributed by atoms with Gasteiger partial charge in [0.25, 0.3) is 0 Å². The Morgan fingerprint density at radius 1 is 1.15 bits per heavy atom. The van der Waals surface area contributed by atoms with E-state index >= 15 is 0 Å². The first kappa shape index (κ1) is 15.6. The van der Waals surface area contributed by atoms with Gasteiger partial charge in [0.2, 0.25) is 5.92 Å². The van der Waals surface area contributed by atoms with Crippen molar-refractivity contribution in [2.75, 3.05) is 0 Å². The molecule has 3 unspecified atom stereocenters. The highest BCUT2D eigenvalue weighted by Gasteiger charge is 2.57. The molecule has 0 amide bonds. The molecule has 0 heterocycles. The maximum Gasteiger partial charge on any atom is 0.249 e. The van der Waals surface area contributed by atoms with E-state index in [0.29, 0.717) is 6.42 Å². The lowest BCUT2D eigenvalue weighted by Gasteiger charge is -2.35. The second-order valence-electron chi connectivity index (χ2n) is 7.34. The molecule has 2 saturated carbocycles. The van der Waals surface area contributed by atoms with Crippen molar-refractivity contribution in [3.8, 4) is 0 Å². The molecule has 0 saturated heterocycles. The third-order valence-corrected chi connectivity index (χ3v) is 5.11. The van der Waals surface area contributed by atoms with Gasteiger partial charge in [0.1, 0.15) is 11.6 Å². The lowest BCUT2D eigenvalue weighted by molar-refractivity contribution is -0.151. The topological polar surface area (TPSA) is 34.1 Å². The van der Waals surface area contributed by atoms with Crippen LogP contribution in [0, 0.1) is 29.1 Å². The fourth-order valence-corrected chi connectivity index (χ4v) is 3.57. The number of carbonyl (C=O) groups excluding carboxylic acids is 2. The van der Waals surface area contributed by atoms with Crippen LogP contribution in [-0.4, -0.2) is 17.5 Å². The van der Waals surface area contributed by atoms with Gasteiger partial charge in [-0.1, -0.05) is 27.7 Å². The van der Waals surface area contributed by atoms with Crippen LogP contribution in [0.2, 0.25) is 0 Å². The Morgan fingerprint density at radius 3 is 2.15 bits per heavy atom. The molecule has 4 heteroatoms. The summed E-state index contributed by atoms with van der Waals surface area (Å²) in [6.07, 6.45) is 0.921. The molecule has 0 radical (unpaired) electrons. The molecule has 2 nitrogen and oxygen atoms in total. The summed E-state index contributed by atoms with van der Waals surface area (Å²) in [6.45, 7) is 7.58. The first-order chi connectivity index (χ1) is 9.07. The first-order valence-electron chi connectivity index (χ1n) is 7.52. The van der Waals surface area contributed by atoms with Gasteiger partial charge in [-0.15, -0.1) is 0 Å². The van der Waals surface area contributed by atoms with Gasteiger partial charge in [0, 0.05) is 36.0 Å². The molecule has 2 aliphatic rings. The van der Waals surface area contributed by atoms with Gasteiger partial charge in [-0.05, 0) is 18.8 Å². The predicted octanol–water partition coefficient (Wildman–Crippen LogP) is 3.88. The number of halogens is 2. The van der Waals surface area contributed by atoms with Gasteiger partial charge in [-0.2, -0.15) is 0 Å². The first-order valence-corrected chi connectivity index (χ1v) is 7.52. The maximum atomic E-state index is 12.8. The molecule has 20 heavy (non-hydrogen) atoms. The highest BCUT2D eigenvalue weighted by Crippen LogP contribution is 2.57. The lowest BCUT2D eigenvalue weighted by Crippen LogP contribution is -2.42. The zero-order valence-corrected chi connectivity index (χ0v) is 12.7. The Labute approximate surface area is 119 Å². The van der Waals surface area contributed by atoms with Crippen molar-refractivity contribution in [3.05, 3.63) is 0 Å². The second kappa shape index (κ2) is 4.88. The number of rotatable bonds is 6. The molecule has 0 aromatic heterocycles. The molecule has 0 aromatic rings. The summed E-state index contributed by atoms with van der Waals surface area (Å²) >= 11 is 0. The van der Waals surface area contributed by atoms with Gasteiger partial charge < -0.3 is 0 Å². The van der Waals surface area contributed by atoms with Crippen LogP contribution in [0.5, 0.6) is 0 Å². The van der Waals surface area contributed by atoms with E-state index in [0.717, 1.165) is 6.42 Å². The third kappa shape index (κ3) is 2.79. The normalized spacial score (nSPS) is 33.6. The van der Waals surface area contributed by atoms with Crippen LogP contribution in [0.15, 0.2) is 0 Å². The molecular formula is C16H24F2O2. The fourth-order valence-electron chi connectivity index (χ4n) is 3.57. The minimum absolute atomic E-state index is 0.0151. The van der Waals surface area contributed by atoms with Gasteiger partial charge in [-0.3, -0.25) is 9.59 Å². The molecule has 0 aliphatic heterocycles. The van der Waals surface area contributed by atoms with Crippen molar-refractivity contribution < 1.29 is 18.4 Å². The highest BCUT2D eigenvalue weighted by molar-refractivity contribution is 5.89. The second-order valence-corrected chi connectivity index (χ2v) is 7.34. The van der Waals surface area contributed by atoms with E-state index in [9.17, 15) is 18.4 Å². The van der Waals surface area contributed by atoms with Crippen molar-refractivity contribution in [1.29, 1.82) is 0 Å². The van der Waals surface area contributed by atoms with E-state index in [1.54, 1.807) is 0 Å². The number of hydrogen-bond acceptors (Lipinski definition) is 2.